The molecule has 2 aromatic rings. The molecule has 2 saturated heterocycles. The van der Waals surface area contributed by atoms with Crippen molar-refractivity contribution in [2.45, 2.75) is 63.6 Å². The van der Waals surface area contributed by atoms with Crippen LogP contribution in [0, 0.1) is 0 Å². The van der Waals surface area contributed by atoms with Crippen LogP contribution in [0.25, 0.3) is 0 Å². The Morgan fingerprint density at radius 1 is 1.06 bits per heavy atom. The lowest BCUT2D eigenvalue weighted by atomic mass is 9.88. The molecule has 0 saturated carbocycles. The molecule has 0 radical (unpaired) electrons. The largest absolute Gasteiger partial charge is 0.447 e. The molecule has 2 aliphatic heterocycles. The molecule has 0 bridgehead atoms. The van der Waals surface area contributed by atoms with Crippen molar-refractivity contribution in [2.24, 2.45) is 0 Å². The van der Waals surface area contributed by atoms with Crippen molar-refractivity contribution < 1.29 is 23.9 Å². The molecule has 3 atom stereocenters. The number of hydrogen-bond acceptors (Lipinski definition) is 5. The molecule has 2 fully saturated rings. The van der Waals surface area contributed by atoms with Crippen molar-refractivity contribution in [3.63, 3.8) is 0 Å². The summed E-state index contributed by atoms with van der Waals surface area (Å²) in [4.78, 5) is 42.7. The number of ether oxygens (including phenoxy) is 2. The van der Waals surface area contributed by atoms with Gasteiger partial charge in [-0.1, -0.05) is 60.7 Å². The lowest BCUT2D eigenvalue weighted by molar-refractivity contribution is -0.132. The van der Waals surface area contributed by atoms with Crippen LogP contribution in [-0.2, 0) is 20.7 Å². The van der Waals surface area contributed by atoms with Gasteiger partial charge in [-0.05, 0) is 51.2 Å². The van der Waals surface area contributed by atoms with Crippen molar-refractivity contribution in [1.29, 1.82) is 0 Å². The molecule has 2 aromatic carbocycles. The van der Waals surface area contributed by atoms with Crippen molar-refractivity contribution in [3.8, 4) is 0 Å². The van der Waals surface area contributed by atoms with Gasteiger partial charge in [0.1, 0.15) is 12.2 Å². The summed E-state index contributed by atoms with van der Waals surface area (Å²) in [7, 11) is 0. The number of benzene rings is 2. The molecule has 0 aromatic heterocycles. The number of nitrogens with zero attached hydrogens (tertiary/aromatic N) is 2. The van der Waals surface area contributed by atoms with Gasteiger partial charge in [0.2, 0.25) is 5.91 Å². The molecule has 4 rings (SSSR count). The van der Waals surface area contributed by atoms with Crippen molar-refractivity contribution in [1.82, 2.24) is 9.80 Å². The number of cyclic esters (lactones) is 1. The minimum atomic E-state index is -0.694. The molecular weight excluding hydrogens is 432 g/mol. The summed E-state index contributed by atoms with van der Waals surface area (Å²) in [6.07, 6.45) is 0.859. The van der Waals surface area contributed by atoms with Gasteiger partial charge in [-0.25, -0.2) is 14.5 Å². The smallest absolute Gasteiger partial charge is 0.417 e. The van der Waals surface area contributed by atoms with E-state index in [1.807, 2.05) is 81.4 Å². The third-order valence-corrected chi connectivity index (χ3v) is 6.25. The lowest BCUT2D eigenvalue weighted by Crippen LogP contribution is -2.50. The highest BCUT2D eigenvalue weighted by molar-refractivity contribution is 5.98. The van der Waals surface area contributed by atoms with E-state index >= 15 is 0 Å². The van der Waals surface area contributed by atoms with Crippen LogP contribution in [0.5, 0.6) is 0 Å². The van der Waals surface area contributed by atoms with Crippen LogP contribution in [0.1, 0.15) is 50.7 Å². The number of hydrogen-bond donors (Lipinski definition) is 0. The molecule has 7 heteroatoms. The molecule has 0 N–H and O–H groups in total. The fourth-order valence-electron chi connectivity index (χ4n) is 4.79. The molecule has 2 heterocycles. The van der Waals surface area contributed by atoms with Gasteiger partial charge in [0.05, 0.1) is 18.0 Å². The highest BCUT2D eigenvalue weighted by Crippen LogP contribution is 2.35. The third-order valence-electron chi connectivity index (χ3n) is 6.25. The van der Waals surface area contributed by atoms with Gasteiger partial charge in [0.25, 0.3) is 0 Å². The molecule has 3 amide bonds. The van der Waals surface area contributed by atoms with E-state index in [4.69, 9.17) is 9.47 Å². The fraction of sp³-hybridized carbons (Fsp3) is 0.444. The second-order valence-electron chi connectivity index (χ2n) is 9.90. The van der Waals surface area contributed by atoms with E-state index in [9.17, 15) is 14.4 Å². The Bertz CT molecular complexity index is 1020. The second kappa shape index (κ2) is 9.87. The summed E-state index contributed by atoms with van der Waals surface area (Å²) in [5.41, 5.74) is 1.15. The Balaban J connectivity index is 1.65. The molecule has 2 aliphatic rings. The van der Waals surface area contributed by atoms with E-state index in [2.05, 4.69) is 0 Å². The maximum atomic E-state index is 14.0. The van der Waals surface area contributed by atoms with Crippen molar-refractivity contribution >= 4 is 18.1 Å². The third kappa shape index (κ3) is 5.24. The predicted octanol–water partition coefficient (Wildman–Crippen LogP) is 4.76. The molecule has 7 nitrogen and oxygen atoms in total. The summed E-state index contributed by atoms with van der Waals surface area (Å²) < 4.78 is 11.0. The number of likely N-dealkylation sites (tertiary alicyclic amines) is 1. The van der Waals surface area contributed by atoms with Crippen molar-refractivity contribution in [2.75, 3.05) is 13.2 Å². The Hall–Kier alpha value is -3.35. The molecular formula is C27H32N2O5. The zero-order chi connectivity index (χ0) is 24.3. The number of carbonyl (C=O) groups is 3. The van der Waals surface area contributed by atoms with E-state index < -0.39 is 35.8 Å². The number of carbonyl (C=O) groups excluding carboxylic acids is 3. The Labute approximate surface area is 200 Å². The lowest BCUT2D eigenvalue weighted by Gasteiger charge is -2.34. The van der Waals surface area contributed by atoms with Gasteiger partial charge in [-0.2, -0.15) is 0 Å². The van der Waals surface area contributed by atoms with Gasteiger partial charge in [0.15, 0.2) is 0 Å². The molecule has 1 unspecified atom stereocenters. The van der Waals surface area contributed by atoms with E-state index in [1.54, 1.807) is 4.90 Å². The summed E-state index contributed by atoms with van der Waals surface area (Å²) in [6.45, 7) is 6.13. The van der Waals surface area contributed by atoms with Gasteiger partial charge in [-0.3, -0.25) is 4.79 Å². The van der Waals surface area contributed by atoms with Crippen LogP contribution < -0.4 is 0 Å². The first-order chi connectivity index (χ1) is 16.2. The van der Waals surface area contributed by atoms with E-state index in [1.165, 1.54) is 4.90 Å². The zero-order valence-electron chi connectivity index (χ0n) is 20.0. The van der Waals surface area contributed by atoms with E-state index in [0.717, 1.165) is 17.5 Å². The van der Waals surface area contributed by atoms with Gasteiger partial charge >= 0.3 is 12.2 Å². The van der Waals surface area contributed by atoms with Crippen molar-refractivity contribution in [3.05, 3.63) is 71.8 Å². The zero-order valence-corrected chi connectivity index (χ0v) is 20.0. The average Bonchev–Trinajstić information content (AvgIpc) is 3.41. The Morgan fingerprint density at radius 3 is 2.35 bits per heavy atom. The van der Waals surface area contributed by atoms with Crippen LogP contribution in [0.15, 0.2) is 60.7 Å². The maximum absolute atomic E-state index is 14.0. The topological polar surface area (TPSA) is 76.2 Å². The molecule has 0 aliphatic carbocycles. The first-order valence-corrected chi connectivity index (χ1v) is 11.8. The summed E-state index contributed by atoms with van der Waals surface area (Å²) in [5, 5.41) is 0. The van der Waals surface area contributed by atoms with Crippen LogP contribution in [-0.4, -0.2) is 58.7 Å². The minimum Gasteiger partial charge on any atom is -0.447 e. The van der Waals surface area contributed by atoms with Crippen LogP contribution in [0.3, 0.4) is 0 Å². The van der Waals surface area contributed by atoms with Crippen LogP contribution >= 0.6 is 0 Å². The SMILES string of the molecule is CC(C)(C)OC(=O)N1CCCC1[C@@H](C(=O)N1C(=O)OC[C@H]1Cc1ccccc1)c1ccccc1. The molecule has 180 valence electrons. The first-order valence-electron chi connectivity index (χ1n) is 11.8. The Morgan fingerprint density at radius 2 is 1.71 bits per heavy atom. The van der Waals surface area contributed by atoms with Crippen LogP contribution in [0.2, 0.25) is 0 Å². The number of imide groups is 1. The maximum Gasteiger partial charge on any atom is 0.417 e. The quantitative estimate of drug-likeness (QED) is 0.638. The van der Waals surface area contributed by atoms with Gasteiger partial charge < -0.3 is 14.4 Å². The normalized spacial score (nSPS) is 21.3. The first kappa shape index (κ1) is 23.8. The fourth-order valence-corrected chi connectivity index (χ4v) is 4.79. The summed E-state index contributed by atoms with van der Waals surface area (Å²) in [5.74, 6) is -1.03. The monoisotopic (exact) mass is 464 g/mol. The van der Waals surface area contributed by atoms with Crippen LogP contribution in [0.4, 0.5) is 9.59 Å². The van der Waals surface area contributed by atoms with E-state index in [-0.39, 0.29) is 12.5 Å². The van der Waals surface area contributed by atoms with Gasteiger partial charge in [0, 0.05) is 6.54 Å². The van der Waals surface area contributed by atoms with E-state index in [0.29, 0.717) is 19.4 Å². The molecule has 34 heavy (non-hydrogen) atoms. The Kier molecular flexibility index (Phi) is 6.91. The van der Waals surface area contributed by atoms with Gasteiger partial charge in [-0.15, -0.1) is 0 Å². The highest BCUT2D eigenvalue weighted by Gasteiger charge is 2.47. The standard InChI is InChI=1S/C27H32N2O5/c1-27(2,3)34-25(31)28-16-10-15-22(28)23(20-13-8-5-9-14-20)24(30)29-21(18-33-26(29)32)17-19-11-6-4-7-12-19/h4-9,11-14,21-23H,10,15-18H2,1-3H3/t21-,22?,23+/m1/s1. The molecule has 0 spiro atoms. The second-order valence-corrected chi connectivity index (χ2v) is 9.90. The number of rotatable bonds is 5. The average molecular weight is 465 g/mol. The number of amides is 3. The minimum absolute atomic E-state index is 0.154. The summed E-state index contributed by atoms with van der Waals surface area (Å²) >= 11 is 0. The highest BCUT2D eigenvalue weighted by atomic mass is 16.6. The summed E-state index contributed by atoms with van der Waals surface area (Å²) in [6, 6.07) is 18.3. The predicted molar refractivity (Wildman–Crippen MR) is 127 cm³/mol.